The van der Waals surface area contributed by atoms with Gasteiger partial charge in [-0.3, -0.25) is 0 Å². The third-order valence-corrected chi connectivity index (χ3v) is 5.18. The summed E-state index contributed by atoms with van der Waals surface area (Å²) in [5.41, 5.74) is 2.80. The van der Waals surface area contributed by atoms with Crippen LogP contribution >= 0.6 is 0 Å². The molecule has 1 fully saturated rings. The van der Waals surface area contributed by atoms with Crippen molar-refractivity contribution in [1.82, 2.24) is 15.2 Å². The highest BCUT2D eigenvalue weighted by Crippen LogP contribution is 2.34. The summed E-state index contributed by atoms with van der Waals surface area (Å²) in [5, 5.41) is 13.3. The smallest absolute Gasteiger partial charge is 0.212 e. The maximum Gasteiger partial charge on any atom is 0.212 e. The van der Waals surface area contributed by atoms with Crippen LogP contribution in [0.4, 0.5) is 4.39 Å². The Morgan fingerprint density at radius 3 is 2.50 bits per heavy atom. The van der Waals surface area contributed by atoms with Crippen molar-refractivity contribution in [2.45, 2.75) is 65.9 Å². The molecule has 2 heterocycles. The number of rotatable bonds is 8. The molecule has 1 aliphatic heterocycles. The Kier molecular flexibility index (Phi) is 7.61. The van der Waals surface area contributed by atoms with E-state index in [0.29, 0.717) is 5.41 Å². The molecule has 0 aliphatic carbocycles. The fraction of sp³-hybridized carbons (Fsp3) is 0.591. The van der Waals surface area contributed by atoms with Crippen LogP contribution in [0.3, 0.4) is 0 Å². The Bertz CT molecular complexity index is 676. The molecule has 0 bridgehead atoms. The molecule has 5 nitrogen and oxygen atoms in total. The van der Waals surface area contributed by atoms with Gasteiger partial charge in [-0.1, -0.05) is 20.4 Å². The zero-order valence-electron chi connectivity index (χ0n) is 17.7. The van der Waals surface area contributed by atoms with Crippen molar-refractivity contribution < 1.29 is 14.2 Å². The lowest BCUT2D eigenvalue weighted by atomic mass is 9.82. The number of likely N-dealkylation sites (tertiary alicyclic amines) is 1. The van der Waals surface area contributed by atoms with E-state index in [1.165, 1.54) is 12.3 Å². The highest BCUT2D eigenvalue weighted by Gasteiger charge is 2.27. The van der Waals surface area contributed by atoms with Gasteiger partial charge in [0.05, 0.1) is 12.1 Å². The Balaban J connectivity index is 2.19. The molecule has 6 heteroatoms. The third-order valence-electron chi connectivity index (χ3n) is 5.18. The molecule has 0 amide bonds. The summed E-state index contributed by atoms with van der Waals surface area (Å²) in [7, 11) is 0. The Morgan fingerprint density at radius 2 is 1.96 bits per heavy atom. The largest absolute Gasteiger partial charge is 0.383 e. The van der Waals surface area contributed by atoms with Gasteiger partial charge in [-0.25, -0.2) is 4.98 Å². The lowest BCUT2D eigenvalue weighted by Crippen LogP contribution is -2.39. The van der Waals surface area contributed by atoms with E-state index < -0.39 is 12.2 Å². The number of nitrogens with one attached hydrogen (secondary N) is 1. The van der Waals surface area contributed by atoms with E-state index in [4.69, 9.17) is 4.74 Å². The van der Waals surface area contributed by atoms with E-state index >= 15 is 0 Å². The second-order valence-corrected chi connectivity index (χ2v) is 8.56. The van der Waals surface area contributed by atoms with Crippen molar-refractivity contribution in [2.75, 3.05) is 13.1 Å². The predicted octanol–water partition coefficient (Wildman–Crippen LogP) is 3.92. The average molecular weight is 392 g/mol. The number of aliphatic hydroxyl groups excluding tert-OH is 1. The second kappa shape index (κ2) is 9.52. The fourth-order valence-electron chi connectivity index (χ4n) is 3.11. The van der Waals surface area contributed by atoms with Crippen LogP contribution < -0.4 is 5.32 Å². The minimum atomic E-state index is -0.937. The lowest BCUT2D eigenvalue weighted by Gasteiger charge is -2.39. The standard InChI is InChI=1S/C22H34FN3O2/c1-15(2)28-21(27)16(3)24-14-19(18-7-8-20(23)25-13-18)17(4)26-11-9-22(5,6)10-12-26/h7-8,13-16,21,24,27H,4,9-12H2,1-3,5-6H3/b19-14+/t16-,21?/m0/s1. The van der Waals surface area contributed by atoms with Gasteiger partial charge in [-0.2, -0.15) is 4.39 Å². The number of hydrogen-bond acceptors (Lipinski definition) is 5. The molecular formula is C22H34FN3O2. The molecule has 0 saturated carbocycles. The molecule has 2 N–H and O–H groups in total. The molecule has 0 aromatic carbocycles. The quantitative estimate of drug-likeness (QED) is 0.400. The van der Waals surface area contributed by atoms with E-state index in [9.17, 15) is 9.50 Å². The van der Waals surface area contributed by atoms with Crippen LogP contribution in [0.5, 0.6) is 0 Å². The zero-order valence-corrected chi connectivity index (χ0v) is 17.7. The summed E-state index contributed by atoms with van der Waals surface area (Å²) in [6, 6.07) is 2.72. The fourth-order valence-corrected chi connectivity index (χ4v) is 3.11. The molecule has 0 radical (unpaired) electrons. The number of nitrogens with zero attached hydrogens (tertiary/aromatic N) is 2. The van der Waals surface area contributed by atoms with Gasteiger partial charge in [0, 0.05) is 42.3 Å². The Morgan fingerprint density at radius 1 is 1.32 bits per heavy atom. The number of aliphatic hydroxyl groups is 1. The van der Waals surface area contributed by atoms with Crippen molar-refractivity contribution in [3.8, 4) is 0 Å². The Hall–Kier alpha value is -1.92. The van der Waals surface area contributed by atoms with Gasteiger partial charge in [0.1, 0.15) is 0 Å². The van der Waals surface area contributed by atoms with Crippen molar-refractivity contribution in [3.63, 3.8) is 0 Å². The molecule has 1 aromatic heterocycles. The van der Waals surface area contributed by atoms with Crippen molar-refractivity contribution in [1.29, 1.82) is 0 Å². The molecular weight excluding hydrogens is 357 g/mol. The molecule has 2 atom stereocenters. The van der Waals surface area contributed by atoms with Crippen LogP contribution in [0.1, 0.15) is 53.0 Å². The van der Waals surface area contributed by atoms with Gasteiger partial charge in [0.25, 0.3) is 0 Å². The van der Waals surface area contributed by atoms with Gasteiger partial charge < -0.3 is 20.1 Å². The van der Waals surface area contributed by atoms with Crippen LogP contribution in [0.15, 0.2) is 36.8 Å². The summed E-state index contributed by atoms with van der Waals surface area (Å²) in [6.45, 7) is 16.3. The molecule has 1 aromatic rings. The monoisotopic (exact) mass is 391 g/mol. The Labute approximate surface area is 168 Å². The number of pyridine rings is 1. The van der Waals surface area contributed by atoms with Crippen LogP contribution in [0.2, 0.25) is 0 Å². The maximum atomic E-state index is 13.3. The van der Waals surface area contributed by atoms with E-state index in [1.807, 2.05) is 27.0 Å². The summed E-state index contributed by atoms with van der Waals surface area (Å²) in [4.78, 5) is 6.04. The van der Waals surface area contributed by atoms with E-state index in [1.54, 1.807) is 6.07 Å². The van der Waals surface area contributed by atoms with Gasteiger partial charge >= 0.3 is 0 Å². The number of halogens is 1. The minimum absolute atomic E-state index is 0.0735. The summed E-state index contributed by atoms with van der Waals surface area (Å²) >= 11 is 0. The highest BCUT2D eigenvalue weighted by atomic mass is 19.1. The normalized spacial score (nSPS) is 19.4. The first-order chi connectivity index (χ1) is 13.1. The van der Waals surface area contributed by atoms with E-state index in [-0.39, 0.29) is 12.1 Å². The highest BCUT2D eigenvalue weighted by molar-refractivity contribution is 5.77. The topological polar surface area (TPSA) is 57.6 Å². The first kappa shape index (κ1) is 22.4. The van der Waals surface area contributed by atoms with Gasteiger partial charge in [0.2, 0.25) is 5.95 Å². The van der Waals surface area contributed by atoms with Crippen LogP contribution in [-0.2, 0) is 4.74 Å². The lowest BCUT2D eigenvalue weighted by molar-refractivity contribution is -0.138. The van der Waals surface area contributed by atoms with Crippen molar-refractivity contribution >= 4 is 5.57 Å². The maximum absolute atomic E-state index is 13.3. The number of ether oxygens (including phenoxy) is 1. The molecule has 0 spiro atoms. The summed E-state index contributed by atoms with van der Waals surface area (Å²) in [6.07, 6.45) is 4.49. The van der Waals surface area contributed by atoms with Crippen molar-refractivity contribution in [2.24, 2.45) is 5.41 Å². The van der Waals surface area contributed by atoms with Crippen LogP contribution in [0.25, 0.3) is 5.57 Å². The van der Waals surface area contributed by atoms with Gasteiger partial charge in [-0.05, 0) is 51.2 Å². The van der Waals surface area contributed by atoms with Crippen LogP contribution in [-0.4, -0.2) is 46.5 Å². The molecule has 2 rings (SSSR count). The minimum Gasteiger partial charge on any atom is -0.383 e. The van der Waals surface area contributed by atoms with E-state index in [2.05, 4.69) is 35.6 Å². The molecule has 156 valence electrons. The van der Waals surface area contributed by atoms with E-state index in [0.717, 1.165) is 42.8 Å². The molecule has 1 aliphatic rings. The zero-order chi connectivity index (χ0) is 20.9. The predicted molar refractivity (Wildman–Crippen MR) is 111 cm³/mol. The second-order valence-electron chi connectivity index (χ2n) is 8.56. The number of piperidine rings is 1. The summed E-state index contributed by atoms with van der Waals surface area (Å²) < 4.78 is 18.7. The van der Waals surface area contributed by atoms with Gasteiger partial charge in [0.15, 0.2) is 6.29 Å². The molecule has 28 heavy (non-hydrogen) atoms. The number of hydrogen-bond donors (Lipinski definition) is 2. The van der Waals surface area contributed by atoms with Gasteiger partial charge in [-0.15, -0.1) is 0 Å². The molecule has 1 unspecified atom stereocenters. The first-order valence-corrected chi connectivity index (χ1v) is 9.95. The average Bonchev–Trinajstić information content (AvgIpc) is 2.62. The van der Waals surface area contributed by atoms with Crippen LogP contribution in [0, 0.1) is 11.4 Å². The molecule has 1 saturated heterocycles. The third kappa shape index (κ3) is 6.31. The first-order valence-electron chi connectivity index (χ1n) is 9.95. The SMILES string of the molecule is C=C(/C(=C\N[C@@H](C)C(O)OC(C)C)c1ccc(F)nc1)N1CCC(C)(C)CC1. The summed E-state index contributed by atoms with van der Waals surface area (Å²) in [5.74, 6) is -0.518. The number of aromatic nitrogens is 1. The number of allylic oxidation sites excluding steroid dienone is 1. The van der Waals surface area contributed by atoms with Crippen molar-refractivity contribution in [3.05, 3.63) is 48.3 Å².